The first-order chi connectivity index (χ1) is 21.0. The SMILES string of the molecule is NCCCCC(NC(=O)C(N)Cc1ccccc1)C(=O)NC(Cc1ccc(O)cc1)C(=O)NC(CCCN=C(N)N)C(=O)O. The molecule has 2 rings (SSSR count). The third-order valence-electron chi connectivity index (χ3n) is 6.78. The van der Waals surface area contributed by atoms with Crippen LogP contribution in [-0.2, 0) is 32.0 Å². The highest BCUT2D eigenvalue weighted by molar-refractivity contribution is 5.94. The molecule has 13 N–H and O–H groups in total. The van der Waals surface area contributed by atoms with Crippen molar-refractivity contribution in [1.29, 1.82) is 0 Å². The number of carbonyl (C=O) groups excluding carboxylic acids is 3. The van der Waals surface area contributed by atoms with Crippen LogP contribution in [0.15, 0.2) is 59.6 Å². The minimum absolute atomic E-state index is 0.0139. The number of aliphatic imine (C=N–C) groups is 1. The van der Waals surface area contributed by atoms with Gasteiger partial charge in [0.2, 0.25) is 17.7 Å². The molecule has 14 heteroatoms. The van der Waals surface area contributed by atoms with Crippen molar-refractivity contribution in [2.24, 2.45) is 27.9 Å². The third kappa shape index (κ3) is 13.1. The van der Waals surface area contributed by atoms with Gasteiger partial charge < -0.3 is 49.1 Å². The molecule has 0 aromatic heterocycles. The van der Waals surface area contributed by atoms with Crippen LogP contribution in [-0.4, -0.2) is 77.1 Å². The molecule has 0 aliphatic heterocycles. The number of guanidine groups is 1. The summed E-state index contributed by atoms with van der Waals surface area (Å²) in [6.07, 6.45) is 1.92. The van der Waals surface area contributed by atoms with E-state index < -0.39 is 47.9 Å². The zero-order valence-corrected chi connectivity index (χ0v) is 24.7. The number of phenols is 1. The second-order valence-electron chi connectivity index (χ2n) is 10.4. The second-order valence-corrected chi connectivity index (χ2v) is 10.4. The Labute approximate surface area is 256 Å². The number of hydrogen-bond donors (Lipinski definition) is 9. The average Bonchev–Trinajstić information content (AvgIpc) is 2.99. The Hall–Kier alpha value is -4.69. The van der Waals surface area contributed by atoms with E-state index in [0.717, 1.165) is 5.56 Å². The Morgan fingerprint density at radius 2 is 1.30 bits per heavy atom. The lowest BCUT2D eigenvalue weighted by atomic mass is 10.0. The summed E-state index contributed by atoms with van der Waals surface area (Å²) in [7, 11) is 0. The van der Waals surface area contributed by atoms with Crippen LogP contribution in [0, 0.1) is 0 Å². The van der Waals surface area contributed by atoms with E-state index in [1.807, 2.05) is 30.3 Å². The number of aliphatic carboxylic acids is 1. The van der Waals surface area contributed by atoms with Crippen LogP contribution < -0.4 is 38.9 Å². The van der Waals surface area contributed by atoms with Gasteiger partial charge in [-0.2, -0.15) is 0 Å². The monoisotopic (exact) mass is 612 g/mol. The lowest BCUT2D eigenvalue weighted by Gasteiger charge is -2.25. The number of amides is 3. The molecule has 4 unspecified atom stereocenters. The fourth-order valence-corrected chi connectivity index (χ4v) is 4.38. The summed E-state index contributed by atoms with van der Waals surface area (Å²) in [5.41, 5.74) is 23.8. The number of nitrogens with one attached hydrogen (secondary N) is 3. The molecule has 2 aromatic rings. The van der Waals surface area contributed by atoms with Crippen molar-refractivity contribution in [2.45, 2.75) is 69.1 Å². The van der Waals surface area contributed by atoms with Crippen molar-refractivity contribution in [3.05, 3.63) is 65.7 Å². The number of nitrogens with two attached hydrogens (primary N) is 4. The Morgan fingerprint density at radius 1 is 0.727 bits per heavy atom. The largest absolute Gasteiger partial charge is 0.508 e. The average molecular weight is 613 g/mol. The molecule has 2 aromatic carbocycles. The Kier molecular flexibility index (Phi) is 15.1. The predicted molar refractivity (Wildman–Crippen MR) is 166 cm³/mol. The molecule has 240 valence electrons. The van der Waals surface area contributed by atoms with E-state index in [0.29, 0.717) is 24.9 Å². The van der Waals surface area contributed by atoms with Gasteiger partial charge >= 0.3 is 5.97 Å². The molecule has 0 aliphatic rings. The summed E-state index contributed by atoms with van der Waals surface area (Å²) in [5.74, 6) is -3.30. The van der Waals surface area contributed by atoms with Crippen LogP contribution in [0.4, 0.5) is 0 Å². The first kappa shape index (κ1) is 35.5. The number of unbranched alkanes of at least 4 members (excludes halogenated alkanes) is 1. The molecule has 0 fully saturated rings. The highest BCUT2D eigenvalue weighted by Crippen LogP contribution is 2.13. The van der Waals surface area contributed by atoms with Crippen molar-refractivity contribution >= 4 is 29.7 Å². The summed E-state index contributed by atoms with van der Waals surface area (Å²) in [6, 6.07) is 10.8. The normalized spacial score (nSPS) is 13.5. The van der Waals surface area contributed by atoms with Crippen molar-refractivity contribution < 1.29 is 29.4 Å². The Morgan fingerprint density at radius 3 is 1.91 bits per heavy atom. The number of nitrogens with zero attached hydrogens (tertiary/aromatic N) is 1. The molecule has 0 bridgehead atoms. The first-order valence-electron chi connectivity index (χ1n) is 14.5. The minimum atomic E-state index is -1.27. The molecule has 14 nitrogen and oxygen atoms in total. The molecule has 4 atom stereocenters. The van der Waals surface area contributed by atoms with Gasteiger partial charge in [0.15, 0.2) is 5.96 Å². The Balaban J connectivity index is 2.21. The van der Waals surface area contributed by atoms with E-state index in [-0.39, 0.29) is 50.4 Å². The molecule has 3 amide bonds. The van der Waals surface area contributed by atoms with Crippen LogP contribution in [0.2, 0.25) is 0 Å². The van der Waals surface area contributed by atoms with Gasteiger partial charge in [-0.15, -0.1) is 0 Å². The van der Waals surface area contributed by atoms with E-state index in [9.17, 15) is 29.4 Å². The van der Waals surface area contributed by atoms with Gasteiger partial charge in [-0.05, 0) is 68.3 Å². The van der Waals surface area contributed by atoms with E-state index in [1.165, 1.54) is 12.1 Å². The second kappa shape index (κ2) is 18.8. The molecular formula is C30H44N8O6. The van der Waals surface area contributed by atoms with Gasteiger partial charge in [0.05, 0.1) is 6.04 Å². The quantitative estimate of drug-likeness (QED) is 0.0543. The number of aromatic hydroxyl groups is 1. The zero-order chi connectivity index (χ0) is 32.5. The minimum Gasteiger partial charge on any atom is -0.508 e. The number of carboxylic acids is 1. The number of phenolic OH excluding ortho intramolecular Hbond substituents is 1. The van der Waals surface area contributed by atoms with Gasteiger partial charge in [0, 0.05) is 13.0 Å². The summed E-state index contributed by atoms with van der Waals surface area (Å²) < 4.78 is 0. The van der Waals surface area contributed by atoms with Crippen molar-refractivity contribution in [3.8, 4) is 5.75 Å². The van der Waals surface area contributed by atoms with Gasteiger partial charge in [-0.3, -0.25) is 19.4 Å². The number of benzene rings is 2. The van der Waals surface area contributed by atoms with Crippen LogP contribution in [0.25, 0.3) is 0 Å². The summed E-state index contributed by atoms with van der Waals surface area (Å²) in [6.45, 7) is 0.563. The van der Waals surface area contributed by atoms with Gasteiger partial charge in [0.25, 0.3) is 0 Å². The molecule has 0 radical (unpaired) electrons. The summed E-state index contributed by atoms with van der Waals surface area (Å²) in [4.78, 5) is 55.6. The fourth-order valence-electron chi connectivity index (χ4n) is 4.38. The van der Waals surface area contributed by atoms with Crippen molar-refractivity contribution in [2.75, 3.05) is 13.1 Å². The maximum absolute atomic E-state index is 13.5. The van der Waals surface area contributed by atoms with E-state index >= 15 is 0 Å². The van der Waals surface area contributed by atoms with Crippen LogP contribution in [0.3, 0.4) is 0 Å². The van der Waals surface area contributed by atoms with Crippen LogP contribution in [0.1, 0.15) is 43.2 Å². The number of hydrogen-bond acceptors (Lipinski definition) is 8. The van der Waals surface area contributed by atoms with Crippen LogP contribution in [0.5, 0.6) is 5.75 Å². The number of carboxylic acid groups (broad SMARTS) is 1. The number of carbonyl (C=O) groups is 4. The topological polar surface area (TPSA) is 261 Å². The molecule has 0 saturated heterocycles. The highest BCUT2D eigenvalue weighted by Gasteiger charge is 2.30. The van der Waals surface area contributed by atoms with E-state index in [4.69, 9.17) is 22.9 Å². The third-order valence-corrected chi connectivity index (χ3v) is 6.78. The maximum atomic E-state index is 13.5. The maximum Gasteiger partial charge on any atom is 0.326 e. The highest BCUT2D eigenvalue weighted by atomic mass is 16.4. The number of rotatable bonds is 19. The van der Waals surface area contributed by atoms with Gasteiger partial charge in [-0.25, -0.2) is 4.79 Å². The first-order valence-corrected chi connectivity index (χ1v) is 14.5. The van der Waals surface area contributed by atoms with Crippen LogP contribution >= 0.6 is 0 Å². The summed E-state index contributed by atoms with van der Waals surface area (Å²) in [5, 5.41) is 27.2. The lowest BCUT2D eigenvalue weighted by Crippen LogP contribution is -2.57. The molecule has 44 heavy (non-hydrogen) atoms. The molecule has 0 saturated carbocycles. The smallest absolute Gasteiger partial charge is 0.326 e. The Bertz CT molecular complexity index is 1240. The molecule has 0 heterocycles. The lowest BCUT2D eigenvalue weighted by molar-refractivity contribution is -0.142. The van der Waals surface area contributed by atoms with Crippen molar-refractivity contribution in [1.82, 2.24) is 16.0 Å². The van der Waals surface area contributed by atoms with Gasteiger partial charge in [-0.1, -0.05) is 42.5 Å². The zero-order valence-electron chi connectivity index (χ0n) is 24.7. The van der Waals surface area contributed by atoms with Gasteiger partial charge in [0.1, 0.15) is 23.9 Å². The predicted octanol–water partition coefficient (Wildman–Crippen LogP) is -0.774. The standard InChI is InChI=1S/C30H44N8O6/c31-15-5-4-9-23(36-26(40)22(32)17-19-7-2-1-3-8-19)27(41)38-25(18-20-11-13-21(39)14-12-20)28(42)37-24(29(43)44)10-6-16-35-30(33)34/h1-3,7-8,11-14,22-25,39H,4-6,9-10,15-18,31-32H2,(H,36,40)(H,37,42)(H,38,41)(H,43,44)(H4,33,34,35). The summed E-state index contributed by atoms with van der Waals surface area (Å²) >= 11 is 0. The van der Waals surface area contributed by atoms with E-state index in [2.05, 4.69) is 20.9 Å². The molecular weight excluding hydrogens is 568 g/mol. The molecule has 0 aliphatic carbocycles. The fraction of sp³-hybridized carbons (Fsp3) is 0.433. The molecule has 0 spiro atoms. The van der Waals surface area contributed by atoms with Crippen molar-refractivity contribution in [3.63, 3.8) is 0 Å². The van der Waals surface area contributed by atoms with E-state index in [1.54, 1.807) is 12.1 Å².